The second kappa shape index (κ2) is 7.16. The fourth-order valence-electron chi connectivity index (χ4n) is 3.63. The van der Waals surface area contributed by atoms with Gasteiger partial charge in [0.1, 0.15) is 5.01 Å². The Morgan fingerprint density at radius 2 is 2.09 bits per heavy atom. The number of nitrogens with one attached hydrogen (secondary N) is 1. The summed E-state index contributed by atoms with van der Waals surface area (Å²) in [5.41, 5.74) is 1.04. The summed E-state index contributed by atoms with van der Waals surface area (Å²) in [4.78, 5) is 7.24. The minimum Gasteiger partial charge on any atom is -0.317 e. The molecule has 5 heteroatoms. The Bertz CT molecular complexity index is 449. The maximum atomic E-state index is 4.51. The van der Waals surface area contributed by atoms with E-state index < -0.39 is 0 Å². The Morgan fingerprint density at radius 1 is 1.36 bits per heavy atom. The number of aromatic nitrogens is 1. The van der Waals surface area contributed by atoms with Crippen molar-refractivity contribution < 1.29 is 0 Å². The van der Waals surface area contributed by atoms with Gasteiger partial charge in [0, 0.05) is 17.6 Å². The minimum atomic E-state index is 0. The number of halogens is 1. The highest BCUT2D eigenvalue weighted by Gasteiger charge is 2.56. The van der Waals surface area contributed by atoms with Crippen molar-refractivity contribution in [2.24, 2.45) is 10.8 Å². The minimum absolute atomic E-state index is 0. The van der Waals surface area contributed by atoms with Gasteiger partial charge in [0.25, 0.3) is 0 Å². The third-order valence-electron chi connectivity index (χ3n) is 5.16. The average Bonchev–Trinajstić information content (AvgIpc) is 2.87. The zero-order chi connectivity index (χ0) is 14.9. The van der Waals surface area contributed by atoms with Gasteiger partial charge < -0.3 is 5.32 Å². The Labute approximate surface area is 145 Å². The summed E-state index contributed by atoms with van der Waals surface area (Å²) in [6.07, 6.45) is 7.34. The number of piperidine rings is 1. The van der Waals surface area contributed by atoms with Crippen molar-refractivity contribution in [3.05, 3.63) is 16.6 Å². The summed E-state index contributed by atoms with van der Waals surface area (Å²) in [5.74, 6) is 0. The molecule has 1 saturated heterocycles. The fourth-order valence-corrected chi connectivity index (χ4v) is 4.27. The molecule has 2 heterocycles. The van der Waals surface area contributed by atoms with Crippen LogP contribution in [0, 0.1) is 10.8 Å². The van der Waals surface area contributed by atoms with Crippen LogP contribution in [0.15, 0.2) is 11.6 Å². The first kappa shape index (κ1) is 18.2. The lowest BCUT2D eigenvalue weighted by Crippen LogP contribution is -2.37. The van der Waals surface area contributed by atoms with E-state index in [4.69, 9.17) is 0 Å². The molecule has 3 nitrogen and oxygen atoms in total. The van der Waals surface area contributed by atoms with E-state index in [1.54, 1.807) is 11.3 Å². The predicted octanol–water partition coefficient (Wildman–Crippen LogP) is 3.95. The molecule has 0 amide bonds. The van der Waals surface area contributed by atoms with E-state index in [0.717, 1.165) is 12.6 Å². The second-order valence-electron chi connectivity index (χ2n) is 8.04. The number of hydrogen-bond acceptors (Lipinski definition) is 4. The van der Waals surface area contributed by atoms with Crippen LogP contribution in [0.25, 0.3) is 0 Å². The van der Waals surface area contributed by atoms with Crippen LogP contribution < -0.4 is 5.32 Å². The van der Waals surface area contributed by atoms with E-state index in [9.17, 15) is 0 Å². The van der Waals surface area contributed by atoms with Crippen molar-refractivity contribution >= 4 is 23.7 Å². The Balaban J connectivity index is 0.00000176. The first-order valence-electron chi connectivity index (χ1n) is 8.32. The van der Waals surface area contributed by atoms with E-state index in [1.165, 1.54) is 50.3 Å². The molecule has 22 heavy (non-hydrogen) atoms. The third-order valence-corrected chi connectivity index (χ3v) is 5.92. The van der Waals surface area contributed by atoms with Gasteiger partial charge in [-0.1, -0.05) is 20.8 Å². The Kier molecular flexibility index (Phi) is 5.92. The van der Waals surface area contributed by atoms with Crippen molar-refractivity contribution in [1.29, 1.82) is 0 Å². The summed E-state index contributed by atoms with van der Waals surface area (Å²) in [6, 6.07) is 0.797. The Morgan fingerprint density at radius 3 is 2.68 bits per heavy atom. The van der Waals surface area contributed by atoms with Crippen LogP contribution in [0.5, 0.6) is 0 Å². The molecule has 1 spiro atoms. The molecular formula is C17H30ClN3S. The molecule has 0 bridgehead atoms. The van der Waals surface area contributed by atoms with Gasteiger partial charge in [-0.2, -0.15) is 0 Å². The highest BCUT2D eigenvalue weighted by Crippen LogP contribution is 2.56. The monoisotopic (exact) mass is 343 g/mol. The molecule has 1 aromatic heterocycles. The highest BCUT2D eigenvalue weighted by atomic mass is 35.5. The normalized spacial score (nSPS) is 23.5. The molecule has 1 aliphatic heterocycles. The molecular weight excluding hydrogens is 314 g/mol. The summed E-state index contributed by atoms with van der Waals surface area (Å²) < 4.78 is 0. The SMILES string of the molecule is CC(C)(C)CCN(Cc1nccs1)C1CC12CCNCC2.Cl. The van der Waals surface area contributed by atoms with E-state index in [2.05, 4.69) is 41.4 Å². The quantitative estimate of drug-likeness (QED) is 0.877. The molecule has 1 aromatic rings. The largest absolute Gasteiger partial charge is 0.317 e. The molecule has 3 rings (SSSR count). The molecule has 126 valence electrons. The van der Waals surface area contributed by atoms with Crippen molar-refractivity contribution in [2.75, 3.05) is 19.6 Å². The van der Waals surface area contributed by atoms with Gasteiger partial charge in [-0.15, -0.1) is 23.7 Å². The van der Waals surface area contributed by atoms with Gasteiger partial charge in [0.05, 0.1) is 6.54 Å². The molecule has 1 aliphatic carbocycles. The van der Waals surface area contributed by atoms with E-state index in [-0.39, 0.29) is 12.4 Å². The van der Waals surface area contributed by atoms with Gasteiger partial charge >= 0.3 is 0 Å². The standard InChI is InChI=1S/C17H29N3S.ClH/c1-16(2,3)6-10-20(13-15-19-9-11-21-15)14-12-17(14)4-7-18-8-5-17;/h9,11,14,18H,4-8,10,12-13H2,1-3H3;1H. The van der Waals surface area contributed by atoms with E-state index in [0.29, 0.717) is 10.8 Å². The molecule has 1 atom stereocenters. The van der Waals surface area contributed by atoms with Gasteiger partial charge in [-0.3, -0.25) is 4.90 Å². The van der Waals surface area contributed by atoms with Gasteiger partial charge in [-0.05, 0) is 56.1 Å². The first-order valence-corrected chi connectivity index (χ1v) is 9.20. The molecule has 0 aromatic carbocycles. The van der Waals surface area contributed by atoms with Crippen molar-refractivity contribution in [3.8, 4) is 0 Å². The molecule has 1 saturated carbocycles. The van der Waals surface area contributed by atoms with Crippen molar-refractivity contribution in [2.45, 2.75) is 59.0 Å². The lowest BCUT2D eigenvalue weighted by molar-refractivity contribution is 0.171. The highest BCUT2D eigenvalue weighted by molar-refractivity contribution is 7.09. The van der Waals surface area contributed by atoms with Crippen LogP contribution in [-0.2, 0) is 6.54 Å². The zero-order valence-corrected chi connectivity index (χ0v) is 15.7. The second-order valence-corrected chi connectivity index (χ2v) is 9.02. The topological polar surface area (TPSA) is 28.2 Å². The summed E-state index contributed by atoms with van der Waals surface area (Å²) >= 11 is 1.80. The van der Waals surface area contributed by atoms with Crippen LogP contribution >= 0.6 is 23.7 Å². The van der Waals surface area contributed by atoms with Crippen LogP contribution in [-0.4, -0.2) is 35.6 Å². The van der Waals surface area contributed by atoms with Crippen LogP contribution in [0.4, 0.5) is 0 Å². The van der Waals surface area contributed by atoms with Gasteiger partial charge in [-0.25, -0.2) is 4.98 Å². The molecule has 2 fully saturated rings. The smallest absolute Gasteiger partial charge is 0.107 e. The summed E-state index contributed by atoms with van der Waals surface area (Å²) in [5, 5.41) is 6.89. The zero-order valence-electron chi connectivity index (χ0n) is 14.1. The average molecular weight is 344 g/mol. The number of hydrogen-bond donors (Lipinski definition) is 1. The molecule has 1 N–H and O–H groups in total. The van der Waals surface area contributed by atoms with Gasteiger partial charge in [0.2, 0.25) is 0 Å². The van der Waals surface area contributed by atoms with Crippen LogP contribution in [0.1, 0.15) is 51.5 Å². The maximum Gasteiger partial charge on any atom is 0.107 e. The lowest BCUT2D eigenvalue weighted by Gasteiger charge is -2.31. The third kappa shape index (κ3) is 4.44. The summed E-state index contributed by atoms with van der Waals surface area (Å²) in [6.45, 7) is 11.7. The van der Waals surface area contributed by atoms with E-state index in [1.807, 2.05) is 6.20 Å². The summed E-state index contributed by atoms with van der Waals surface area (Å²) in [7, 11) is 0. The van der Waals surface area contributed by atoms with Crippen LogP contribution in [0.3, 0.4) is 0 Å². The van der Waals surface area contributed by atoms with E-state index >= 15 is 0 Å². The first-order chi connectivity index (χ1) is 9.99. The number of thiazole rings is 1. The van der Waals surface area contributed by atoms with Crippen molar-refractivity contribution in [3.63, 3.8) is 0 Å². The van der Waals surface area contributed by atoms with Crippen LogP contribution in [0.2, 0.25) is 0 Å². The maximum absolute atomic E-state index is 4.51. The fraction of sp³-hybridized carbons (Fsp3) is 0.824. The van der Waals surface area contributed by atoms with Crippen molar-refractivity contribution in [1.82, 2.24) is 15.2 Å². The molecule has 2 aliphatic rings. The number of rotatable bonds is 5. The van der Waals surface area contributed by atoms with Gasteiger partial charge in [0.15, 0.2) is 0 Å². The predicted molar refractivity (Wildman–Crippen MR) is 96.8 cm³/mol. The molecule has 1 unspecified atom stereocenters. The molecule has 0 radical (unpaired) electrons. The number of nitrogens with zero attached hydrogens (tertiary/aromatic N) is 2. The Hall–Kier alpha value is -0.160. The lowest BCUT2D eigenvalue weighted by atomic mass is 9.91.